The molecule has 1 amide bonds. The fraction of sp³-hybridized carbons (Fsp3) is 0.409. The maximum atomic E-state index is 12.9. The highest BCUT2D eigenvalue weighted by atomic mass is 32.2. The van der Waals surface area contributed by atoms with Gasteiger partial charge in [-0.25, -0.2) is 21.1 Å². The predicted octanol–water partition coefficient (Wildman–Crippen LogP) is 2.08. The average molecular weight is 496 g/mol. The molecule has 0 saturated heterocycles. The summed E-state index contributed by atoms with van der Waals surface area (Å²) in [5, 5.41) is 0. The molecule has 0 aromatic heterocycles. The number of hydrogen-bond donors (Lipinski definition) is 0. The molecule has 0 aliphatic carbocycles. The Labute approximate surface area is 195 Å². The molecule has 0 N–H and O–H groups in total. The van der Waals surface area contributed by atoms with Crippen LogP contribution in [0.2, 0.25) is 0 Å². The summed E-state index contributed by atoms with van der Waals surface area (Å²) >= 11 is 0. The second-order valence-corrected chi connectivity index (χ2v) is 12.0. The molecule has 0 spiro atoms. The van der Waals surface area contributed by atoms with Crippen molar-refractivity contribution in [3.05, 3.63) is 48.0 Å². The Bertz CT molecular complexity index is 1240. The van der Waals surface area contributed by atoms with Gasteiger partial charge in [-0.3, -0.25) is 9.10 Å². The summed E-state index contributed by atoms with van der Waals surface area (Å²) in [7, 11) is -2.70. The van der Waals surface area contributed by atoms with Gasteiger partial charge in [0.05, 0.1) is 23.9 Å². The van der Waals surface area contributed by atoms with Crippen molar-refractivity contribution in [1.82, 2.24) is 4.31 Å². The van der Waals surface area contributed by atoms with E-state index in [0.717, 1.165) is 16.1 Å². The van der Waals surface area contributed by atoms with Crippen LogP contribution < -0.4 is 13.9 Å². The standard InChI is InChI=1S/C22H29N3O6S2/c1-23(2)33(29,30)18-11-12-19-17(16-18)13-15-24(19)22(26)10-7-14-25(32(4,27)28)20-8-5-6-9-21(20)31-3/h5-6,8-9,11-12,16H,7,10,13-15H2,1-4H3. The van der Waals surface area contributed by atoms with E-state index in [1.807, 2.05) is 0 Å². The molecule has 1 aliphatic heterocycles. The van der Waals surface area contributed by atoms with Crippen molar-refractivity contribution in [3.8, 4) is 5.75 Å². The Morgan fingerprint density at radius 3 is 2.42 bits per heavy atom. The molecule has 180 valence electrons. The van der Waals surface area contributed by atoms with E-state index in [0.29, 0.717) is 36.5 Å². The summed E-state index contributed by atoms with van der Waals surface area (Å²) in [4.78, 5) is 14.7. The van der Waals surface area contributed by atoms with Gasteiger partial charge < -0.3 is 9.64 Å². The van der Waals surface area contributed by atoms with Crippen LogP contribution in [-0.2, 0) is 31.3 Å². The zero-order valence-electron chi connectivity index (χ0n) is 19.2. The van der Waals surface area contributed by atoms with Gasteiger partial charge >= 0.3 is 0 Å². The Kier molecular flexibility index (Phi) is 7.35. The van der Waals surface area contributed by atoms with Crippen LogP contribution in [0.3, 0.4) is 0 Å². The molecule has 1 aliphatic rings. The van der Waals surface area contributed by atoms with E-state index in [2.05, 4.69) is 0 Å². The van der Waals surface area contributed by atoms with Crippen LogP contribution in [0.5, 0.6) is 5.75 Å². The number of fused-ring (bicyclic) bond motifs is 1. The van der Waals surface area contributed by atoms with Gasteiger partial charge in [0.1, 0.15) is 5.75 Å². The molecule has 11 heteroatoms. The number of rotatable bonds is 9. The summed E-state index contributed by atoms with van der Waals surface area (Å²) in [6.07, 6.45) is 2.16. The molecule has 33 heavy (non-hydrogen) atoms. The second-order valence-electron chi connectivity index (χ2n) is 7.98. The van der Waals surface area contributed by atoms with Gasteiger partial charge in [-0.1, -0.05) is 12.1 Å². The fourth-order valence-corrected chi connectivity index (χ4v) is 5.74. The molecule has 0 saturated carbocycles. The summed E-state index contributed by atoms with van der Waals surface area (Å²) in [5.74, 6) is 0.302. The minimum Gasteiger partial charge on any atom is -0.495 e. The van der Waals surface area contributed by atoms with Gasteiger partial charge in [0.25, 0.3) is 0 Å². The van der Waals surface area contributed by atoms with Crippen LogP contribution in [0.4, 0.5) is 11.4 Å². The van der Waals surface area contributed by atoms with Gasteiger partial charge in [-0.2, -0.15) is 0 Å². The first kappa shape index (κ1) is 25.0. The van der Waals surface area contributed by atoms with Crippen LogP contribution in [0.15, 0.2) is 47.4 Å². The van der Waals surface area contributed by atoms with Crippen LogP contribution in [0.1, 0.15) is 18.4 Å². The monoisotopic (exact) mass is 495 g/mol. The minimum atomic E-state index is -3.57. The maximum Gasteiger partial charge on any atom is 0.242 e. The number of carbonyl (C=O) groups is 1. The first-order valence-electron chi connectivity index (χ1n) is 10.4. The van der Waals surface area contributed by atoms with E-state index in [4.69, 9.17) is 4.74 Å². The van der Waals surface area contributed by atoms with Crippen LogP contribution in [-0.4, -0.2) is 67.6 Å². The summed E-state index contributed by atoms with van der Waals surface area (Å²) in [6.45, 7) is 0.591. The van der Waals surface area contributed by atoms with Gasteiger partial charge in [0.15, 0.2) is 0 Å². The lowest BCUT2D eigenvalue weighted by molar-refractivity contribution is -0.118. The number of carbonyl (C=O) groups excluding carboxylic acids is 1. The highest BCUT2D eigenvalue weighted by Gasteiger charge is 2.28. The van der Waals surface area contributed by atoms with Crippen molar-refractivity contribution in [2.24, 2.45) is 0 Å². The number of nitrogens with zero attached hydrogens (tertiary/aromatic N) is 3. The third-order valence-corrected chi connectivity index (χ3v) is 8.52. The number of sulfonamides is 2. The number of benzene rings is 2. The average Bonchev–Trinajstić information content (AvgIpc) is 3.19. The van der Waals surface area contributed by atoms with Crippen molar-refractivity contribution in [2.75, 3.05) is 49.8 Å². The lowest BCUT2D eigenvalue weighted by Crippen LogP contribution is -2.33. The smallest absolute Gasteiger partial charge is 0.242 e. The lowest BCUT2D eigenvalue weighted by Gasteiger charge is -2.24. The quantitative estimate of drug-likeness (QED) is 0.528. The molecule has 1 heterocycles. The van der Waals surface area contributed by atoms with Crippen molar-refractivity contribution in [2.45, 2.75) is 24.2 Å². The number of ether oxygens (including phenoxy) is 1. The zero-order valence-corrected chi connectivity index (χ0v) is 20.8. The van der Waals surface area contributed by atoms with Crippen molar-refractivity contribution < 1.29 is 26.4 Å². The van der Waals surface area contributed by atoms with Crippen LogP contribution in [0, 0.1) is 0 Å². The third-order valence-electron chi connectivity index (χ3n) is 5.53. The molecule has 0 bridgehead atoms. The van der Waals surface area contributed by atoms with Crippen LogP contribution >= 0.6 is 0 Å². The SMILES string of the molecule is COc1ccccc1N(CCCC(=O)N1CCc2cc(S(=O)(=O)N(C)C)ccc21)S(C)(=O)=O. The Morgan fingerprint density at radius 2 is 1.79 bits per heavy atom. The number of methoxy groups -OCH3 is 1. The number of hydrogen-bond acceptors (Lipinski definition) is 6. The first-order chi connectivity index (χ1) is 15.5. The minimum absolute atomic E-state index is 0.131. The van der Waals surface area contributed by atoms with E-state index in [1.54, 1.807) is 41.3 Å². The Balaban J connectivity index is 1.71. The molecule has 9 nitrogen and oxygen atoms in total. The van der Waals surface area contributed by atoms with E-state index in [1.165, 1.54) is 31.6 Å². The highest BCUT2D eigenvalue weighted by molar-refractivity contribution is 7.92. The normalized spacial score (nSPS) is 13.8. The van der Waals surface area contributed by atoms with E-state index < -0.39 is 20.0 Å². The van der Waals surface area contributed by atoms with E-state index >= 15 is 0 Å². The van der Waals surface area contributed by atoms with Crippen molar-refractivity contribution in [1.29, 1.82) is 0 Å². The van der Waals surface area contributed by atoms with E-state index in [9.17, 15) is 21.6 Å². The number of anilines is 2. The fourth-order valence-electron chi connectivity index (χ4n) is 3.82. The Hall–Kier alpha value is -2.63. The largest absolute Gasteiger partial charge is 0.495 e. The molecule has 0 fully saturated rings. The molecule has 0 unspecified atom stereocenters. The van der Waals surface area contributed by atoms with Crippen molar-refractivity contribution >= 4 is 37.3 Å². The second kappa shape index (κ2) is 9.70. The zero-order chi connectivity index (χ0) is 24.4. The number of amides is 1. The third kappa shape index (κ3) is 5.31. The maximum absolute atomic E-state index is 12.9. The molecule has 0 atom stereocenters. The molecule has 2 aromatic carbocycles. The highest BCUT2D eigenvalue weighted by Crippen LogP contribution is 2.32. The molecular weight excluding hydrogens is 466 g/mol. The summed E-state index contributed by atoms with van der Waals surface area (Å²) in [5.41, 5.74) is 1.93. The van der Waals surface area contributed by atoms with Gasteiger partial charge in [0.2, 0.25) is 26.0 Å². The van der Waals surface area contributed by atoms with Crippen molar-refractivity contribution in [3.63, 3.8) is 0 Å². The summed E-state index contributed by atoms with van der Waals surface area (Å²) in [6, 6.07) is 11.6. The van der Waals surface area contributed by atoms with E-state index in [-0.39, 0.29) is 23.8 Å². The summed E-state index contributed by atoms with van der Waals surface area (Å²) < 4.78 is 57.2. The van der Waals surface area contributed by atoms with Gasteiger partial charge in [0, 0.05) is 39.3 Å². The molecule has 2 aromatic rings. The topological polar surface area (TPSA) is 104 Å². The van der Waals surface area contributed by atoms with Gasteiger partial charge in [-0.15, -0.1) is 0 Å². The number of para-hydroxylation sites is 2. The van der Waals surface area contributed by atoms with Crippen LogP contribution in [0.25, 0.3) is 0 Å². The molecule has 0 radical (unpaired) electrons. The Morgan fingerprint density at radius 1 is 1.09 bits per heavy atom. The first-order valence-corrected chi connectivity index (χ1v) is 13.7. The molecule has 3 rings (SSSR count). The van der Waals surface area contributed by atoms with Gasteiger partial charge in [-0.05, 0) is 48.7 Å². The molecular formula is C22H29N3O6S2. The predicted molar refractivity (Wildman–Crippen MR) is 128 cm³/mol. The lowest BCUT2D eigenvalue weighted by atomic mass is 10.2.